The predicted octanol–water partition coefficient (Wildman–Crippen LogP) is 2.93. The third-order valence-electron chi connectivity index (χ3n) is 3.34. The molecule has 0 spiro atoms. The lowest BCUT2D eigenvalue weighted by molar-refractivity contribution is 0.416. The predicted molar refractivity (Wildman–Crippen MR) is 85.5 cm³/mol. The van der Waals surface area contributed by atoms with Gasteiger partial charge >= 0.3 is 0 Å². The van der Waals surface area contributed by atoms with Crippen LogP contribution in [0.2, 0.25) is 0 Å². The number of nitrogens with two attached hydrogens (primary N) is 1. The lowest BCUT2D eigenvalue weighted by Crippen LogP contribution is -1.96. The van der Waals surface area contributed by atoms with E-state index in [1.165, 1.54) is 0 Å². The number of fused-ring (bicyclic) bond motifs is 1. The van der Waals surface area contributed by atoms with Crippen molar-refractivity contribution in [1.82, 2.24) is 9.97 Å². The fourth-order valence-corrected chi connectivity index (χ4v) is 2.27. The molecule has 0 saturated carbocycles. The average molecular weight is 280 g/mol. The molecule has 0 fully saturated rings. The average Bonchev–Trinajstić information content (AvgIpc) is 2.53. The van der Waals surface area contributed by atoms with E-state index in [0.717, 1.165) is 27.8 Å². The van der Waals surface area contributed by atoms with Gasteiger partial charge < -0.3 is 15.8 Å². The fourth-order valence-electron chi connectivity index (χ4n) is 2.27. The van der Waals surface area contributed by atoms with E-state index >= 15 is 0 Å². The molecule has 0 radical (unpaired) electrons. The largest absolute Gasteiger partial charge is 0.496 e. The monoisotopic (exact) mass is 280 g/mol. The molecule has 5 heteroatoms. The number of benzene rings is 2. The Morgan fingerprint density at radius 1 is 1.14 bits per heavy atom. The summed E-state index contributed by atoms with van der Waals surface area (Å²) in [4.78, 5) is 8.65. The molecule has 0 bridgehead atoms. The molecule has 0 unspecified atom stereocenters. The molecular weight excluding hydrogens is 264 g/mol. The van der Waals surface area contributed by atoms with Crippen LogP contribution in [0.5, 0.6) is 5.75 Å². The van der Waals surface area contributed by atoms with Crippen LogP contribution in [-0.2, 0) is 0 Å². The summed E-state index contributed by atoms with van der Waals surface area (Å²) >= 11 is 0. The van der Waals surface area contributed by atoms with E-state index in [0.29, 0.717) is 11.6 Å². The van der Waals surface area contributed by atoms with Gasteiger partial charge in [0, 0.05) is 29.9 Å². The number of methoxy groups -OCH3 is 1. The highest BCUT2D eigenvalue weighted by molar-refractivity contribution is 5.86. The zero-order valence-corrected chi connectivity index (χ0v) is 11.9. The summed E-state index contributed by atoms with van der Waals surface area (Å²) < 4.78 is 5.41. The zero-order chi connectivity index (χ0) is 14.8. The molecule has 1 heterocycles. The van der Waals surface area contributed by atoms with Gasteiger partial charge in [0.05, 0.1) is 12.6 Å². The van der Waals surface area contributed by atoms with Crippen molar-refractivity contribution < 1.29 is 4.74 Å². The van der Waals surface area contributed by atoms with Crippen LogP contribution in [0, 0.1) is 0 Å². The van der Waals surface area contributed by atoms with Gasteiger partial charge in [0.1, 0.15) is 5.75 Å². The first kappa shape index (κ1) is 13.2. The number of rotatable bonds is 3. The summed E-state index contributed by atoms with van der Waals surface area (Å²) in [6.45, 7) is 0. The summed E-state index contributed by atoms with van der Waals surface area (Å²) in [5.41, 5.74) is 9.45. The zero-order valence-electron chi connectivity index (χ0n) is 11.9. The summed E-state index contributed by atoms with van der Waals surface area (Å²) in [5, 5.41) is 3.90. The normalized spacial score (nSPS) is 10.6. The number of hydrogen-bond acceptors (Lipinski definition) is 5. The second-order valence-corrected chi connectivity index (χ2v) is 4.68. The molecule has 0 aliphatic rings. The van der Waals surface area contributed by atoms with Crippen LogP contribution in [0.25, 0.3) is 22.0 Å². The van der Waals surface area contributed by atoms with Gasteiger partial charge in [0.15, 0.2) is 0 Å². The highest BCUT2D eigenvalue weighted by atomic mass is 16.5. The Hall–Kier alpha value is -2.82. The Kier molecular flexibility index (Phi) is 3.31. The van der Waals surface area contributed by atoms with Crippen molar-refractivity contribution in [2.45, 2.75) is 0 Å². The van der Waals surface area contributed by atoms with Crippen LogP contribution in [0.3, 0.4) is 0 Å². The standard InChI is InChI=1S/C16H16N4O/c1-18-16-19-9-11-7-10(3-5-14(11)20-16)13-8-12(17)4-6-15(13)21-2/h3-9H,17H2,1-2H3,(H,18,19,20). The van der Waals surface area contributed by atoms with E-state index in [-0.39, 0.29) is 0 Å². The van der Waals surface area contributed by atoms with Gasteiger partial charge in [0.25, 0.3) is 0 Å². The number of nitrogens with one attached hydrogen (secondary N) is 1. The lowest BCUT2D eigenvalue weighted by Gasteiger charge is -2.10. The van der Waals surface area contributed by atoms with Crippen molar-refractivity contribution in [3.63, 3.8) is 0 Å². The Morgan fingerprint density at radius 2 is 2.00 bits per heavy atom. The number of anilines is 2. The molecule has 0 aliphatic heterocycles. The maximum Gasteiger partial charge on any atom is 0.222 e. The SMILES string of the molecule is CNc1ncc2cc(-c3cc(N)ccc3OC)ccc2n1. The first-order valence-electron chi connectivity index (χ1n) is 6.59. The Labute approximate surface area is 122 Å². The summed E-state index contributed by atoms with van der Waals surface area (Å²) in [7, 11) is 3.45. The summed E-state index contributed by atoms with van der Waals surface area (Å²) in [6, 6.07) is 11.6. The van der Waals surface area contributed by atoms with E-state index in [2.05, 4.69) is 15.3 Å². The number of aromatic nitrogens is 2. The van der Waals surface area contributed by atoms with Crippen molar-refractivity contribution >= 4 is 22.5 Å². The minimum absolute atomic E-state index is 0.608. The van der Waals surface area contributed by atoms with Gasteiger partial charge in [-0.15, -0.1) is 0 Å². The van der Waals surface area contributed by atoms with E-state index in [1.54, 1.807) is 20.4 Å². The van der Waals surface area contributed by atoms with Gasteiger partial charge in [-0.05, 0) is 35.9 Å². The fraction of sp³-hybridized carbons (Fsp3) is 0.125. The van der Waals surface area contributed by atoms with Crippen molar-refractivity contribution in [1.29, 1.82) is 0 Å². The molecule has 0 atom stereocenters. The molecule has 2 aromatic carbocycles. The molecule has 0 amide bonds. The van der Waals surface area contributed by atoms with E-state index in [4.69, 9.17) is 10.5 Å². The second-order valence-electron chi connectivity index (χ2n) is 4.68. The molecular formula is C16H16N4O. The van der Waals surface area contributed by atoms with Crippen LogP contribution >= 0.6 is 0 Å². The van der Waals surface area contributed by atoms with Crippen LogP contribution in [0.4, 0.5) is 11.6 Å². The van der Waals surface area contributed by atoms with Crippen molar-refractivity contribution in [2.24, 2.45) is 0 Å². The van der Waals surface area contributed by atoms with Crippen LogP contribution in [0.1, 0.15) is 0 Å². The van der Waals surface area contributed by atoms with Crippen molar-refractivity contribution in [3.8, 4) is 16.9 Å². The quantitative estimate of drug-likeness (QED) is 0.722. The number of hydrogen-bond donors (Lipinski definition) is 2. The van der Waals surface area contributed by atoms with Crippen molar-refractivity contribution in [3.05, 3.63) is 42.6 Å². The Bertz CT molecular complexity index is 801. The first-order chi connectivity index (χ1) is 10.2. The number of nitrogen functional groups attached to an aromatic ring is 1. The van der Waals surface area contributed by atoms with Gasteiger partial charge in [0.2, 0.25) is 5.95 Å². The molecule has 3 aromatic rings. The highest BCUT2D eigenvalue weighted by Gasteiger charge is 2.08. The van der Waals surface area contributed by atoms with Gasteiger partial charge in [-0.3, -0.25) is 0 Å². The van der Waals surface area contributed by atoms with Crippen LogP contribution in [-0.4, -0.2) is 24.1 Å². The highest BCUT2D eigenvalue weighted by Crippen LogP contribution is 2.33. The minimum atomic E-state index is 0.608. The second kappa shape index (κ2) is 5.28. The number of nitrogens with zero attached hydrogens (tertiary/aromatic N) is 2. The smallest absolute Gasteiger partial charge is 0.222 e. The molecule has 1 aromatic heterocycles. The lowest BCUT2D eigenvalue weighted by atomic mass is 10.0. The third-order valence-corrected chi connectivity index (χ3v) is 3.34. The molecule has 5 nitrogen and oxygen atoms in total. The van der Waals surface area contributed by atoms with E-state index < -0.39 is 0 Å². The summed E-state index contributed by atoms with van der Waals surface area (Å²) in [5.74, 6) is 1.40. The molecule has 106 valence electrons. The summed E-state index contributed by atoms with van der Waals surface area (Å²) in [6.07, 6.45) is 1.80. The van der Waals surface area contributed by atoms with Crippen LogP contribution < -0.4 is 15.8 Å². The first-order valence-corrected chi connectivity index (χ1v) is 6.59. The minimum Gasteiger partial charge on any atom is -0.496 e. The van der Waals surface area contributed by atoms with Gasteiger partial charge in [-0.2, -0.15) is 0 Å². The molecule has 0 aliphatic carbocycles. The molecule has 3 N–H and O–H groups in total. The van der Waals surface area contributed by atoms with Gasteiger partial charge in [-0.1, -0.05) is 6.07 Å². The molecule has 3 rings (SSSR count). The Balaban J connectivity index is 2.15. The topological polar surface area (TPSA) is 73.1 Å². The van der Waals surface area contributed by atoms with E-state index in [9.17, 15) is 0 Å². The van der Waals surface area contributed by atoms with E-state index in [1.807, 2.05) is 36.4 Å². The number of ether oxygens (including phenoxy) is 1. The van der Waals surface area contributed by atoms with Crippen LogP contribution in [0.15, 0.2) is 42.6 Å². The molecule has 0 saturated heterocycles. The maximum absolute atomic E-state index is 5.88. The maximum atomic E-state index is 5.88. The molecule has 21 heavy (non-hydrogen) atoms. The van der Waals surface area contributed by atoms with Crippen molar-refractivity contribution in [2.75, 3.05) is 25.2 Å². The Morgan fingerprint density at radius 3 is 2.76 bits per heavy atom. The van der Waals surface area contributed by atoms with Gasteiger partial charge in [-0.25, -0.2) is 9.97 Å². The third kappa shape index (κ3) is 2.45.